The highest BCUT2D eigenvalue weighted by molar-refractivity contribution is 7.89. The third-order valence-electron chi connectivity index (χ3n) is 3.45. The zero-order valence-electron chi connectivity index (χ0n) is 11.0. The molecule has 19 heavy (non-hydrogen) atoms. The van der Waals surface area contributed by atoms with Crippen LogP contribution in [0.25, 0.3) is 0 Å². The monoisotopic (exact) mass is 283 g/mol. The number of sulfonamides is 1. The molecule has 0 spiro atoms. The van der Waals surface area contributed by atoms with Crippen LogP contribution in [0.4, 0.5) is 0 Å². The van der Waals surface area contributed by atoms with Crippen LogP contribution < -0.4 is 0 Å². The van der Waals surface area contributed by atoms with Gasteiger partial charge in [0.25, 0.3) is 0 Å². The number of carbonyl (C=O) groups is 1. The maximum atomic E-state index is 12.5. The molecule has 0 saturated carbocycles. The topological polar surface area (TPSA) is 74.7 Å². The third kappa shape index (κ3) is 2.64. The van der Waals surface area contributed by atoms with Gasteiger partial charge in [-0.25, -0.2) is 8.42 Å². The first kappa shape index (κ1) is 14.0. The lowest BCUT2D eigenvalue weighted by Crippen LogP contribution is -2.30. The number of aliphatic carboxylic acids is 1. The molecule has 5 nitrogen and oxygen atoms in total. The molecule has 0 bridgehead atoms. The maximum absolute atomic E-state index is 12.5. The Balaban J connectivity index is 2.31. The molecule has 6 heteroatoms. The van der Waals surface area contributed by atoms with Gasteiger partial charge in [0.2, 0.25) is 10.0 Å². The van der Waals surface area contributed by atoms with Gasteiger partial charge in [0.05, 0.1) is 10.8 Å². The van der Waals surface area contributed by atoms with Crippen LogP contribution in [0.5, 0.6) is 0 Å². The molecule has 0 aliphatic carbocycles. The van der Waals surface area contributed by atoms with E-state index in [-0.39, 0.29) is 18.0 Å². The Morgan fingerprint density at radius 3 is 2.58 bits per heavy atom. The van der Waals surface area contributed by atoms with Gasteiger partial charge in [-0.05, 0) is 31.9 Å². The van der Waals surface area contributed by atoms with Crippen molar-refractivity contribution in [1.82, 2.24) is 4.31 Å². The largest absolute Gasteiger partial charge is 0.481 e. The molecule has 1 aromatic rings. The highest BCUT2D eigenvalue weighted by Crippen LogP contribution is 2.26. The number of carboxylic acids is 1. The van der Waals surface area contributed by atoms with Crippen molar-refractivity contribution in [1.29, 1.82) is 0 Å². The standard InChI is InChI=1S/C13H17NO4S/c1-9-3-4-12(10(2)7-9)19(17,18)14-6-5-11(8-14)13(15)16/h3-4,7,11H,5-6,8H2,1-2H3,(H,15,16)/t11-/m1/s1. The number of rotatable bonds is 3. The van der Waals surface area contributed by atoms with E-state index in [2.05, 4.69) is 0 Å². The van der Waals surface area contributed by atoms with Crippen LogP contribution in [-0.2, 0) is 14.8 Å². The molecular weight excluding hydrogens is 266 g/mol. The molecule has 1 saturated heterocycles. The number of hydrogen-bond donors (Lipinski definition) is 1. The molecule has 0 amide bonds. The van der Waals surface area contributed by atoms with Crippen LogP contribution in [-0.4, -0.2) is 36.9 Å². The minimum Gasteiger partial charge on any atom is -0.481 e. The minimum absolute atomic E-state index is 0.0605. The summed E-state index contributed by atoms with van der Waals surface area (Å²) < 4.78 is 26.2. The van der Waals surface area contributed by atoms with Crippen molar-refractivity contribution in [3.63, 3.8) is 0 Å². The van der Waals surface area contributed by atoms with Crippen LogP contribution in [0.1, 0.15) is 17.5 Å². The SMILES string of the molecule is Cc1ccc(S(=O)(=O)N2CC[C@@H](C(=O)O)C2)c(C)c1. The second kappa shape index (κ2) is 4.94. The van der Waals surface area contributed by atoms with E-state index < -0.39 is 21.9 Å². The molecular formula is C13H17NO4S. The van der Waals surface area contributed by atoms with Crippen molar-refractivity contribution in [2.24, 2.45) is 5.92 Å². The molecule has 1 heterocycles. The predicted octanol–water partition coefficient (Wildman–Crippen LogP) is 1.40. The quantitative estimate of drug-likeness (QED) is 0.910. The van der Waals surface area contributed by atoms with Gasteiger partial charge in [-0.2, -0.15) is 4.31 Å². The smallest absolute Gasteiger partial charge is 0.307 e. The second-order valence-electron chi connectivity index (χ2n) is 4.96. The third-order valence-corrected chi connectivity index (χ3v) is 5.47. The van der Waals surface area contributed by atoms with Crippen molar-refractivity contribution < 1.29 is 18.3 Å². The van der Waals surface area contributed by atoms with Gasteiger partial charge in [0.1, 0.15) is 0 Å². The van der Waals surface area contributed by atoms with E-state index in [4.69, 9.17) is 5.11 Å². The Hall–Kier alpha value is -1.40. The maximum Gasteiger partial charge on any atom is 0.307 e. The van der Waals surface area contributed by atoms with Gasteiger partial charge in [0, 0.05) is 13.1 Å². The first-order chi connectivity index (χ1) is 8.82. The molecule has 1 atom stereocenters. The first-order valence-corrected chi connectivity index (χ1v) is 7.56. The minimum atomic E-state index is -3.58. The average Bonchev–Trinajstić information content (AvgIpc) is 2.78. The van der Waals surface area contributed by atoms with E-state index in [9.17, 15) is 13.2 Å². The molecule has 1 fully saturated rings. The summed E-state index contributed by atoms with van der Waals surface area (Å²) in [7, 11) is -3.58. The lowest BCUT2D eigenvalue weighted by molar-refractivity contribution is -0.141. The van der Waals surface area contributed by atoms with E-state index >= 15 is 0 Å². The van der Waals surface area contributed by atoms with Gasteiger partial charge in [-0.1, -0.05) is 17.7 Å². The molecule has 1 aliphatic rings. The summed E-state index contributed by atoms with van der Waals surface area (Å²) in [6.07, 6.45) is 0.374. The fourth-order valence-corrected chi connectivity index (χ4v) is 4.08. The zero-order valence-corrected chi connectivity index (χ0v) is 11.8. The van der Waals surface area contributed by atoms with Crippen molar-refractivity contribution in [2.75, 3.05) is 13.1 Å². The van der Waals surface area contributed by atoms with Crippen LogP contribution in [0.15, 0.2) is 23.1 Å². The summed E-state index contributed by atoms with van der Waals surface area (Å²) >= 11 is 0. The molecule has 1 aliphatic heterocycles. The van der Waals surface area contributed by atoms with E-state index in [1.54, 1.807) is 19.1 Å². The number of hydrogen-bond acceptors (Lipinski definition) is 3. The molecule has 1 aromatic carbocycles. The summed E-state index contributed by atoms with van der Waals surface area (Å²) in [6, 6.07) is 5.16. The molecule has 0 unspecified atom stereocenters. The lowest BCUT2D eigenvalue weighted by atomic mass is 10.1. The van der Waals surface area contributed by atoms with Crippen molar-refractivity contribution >= 4 is 16.0 Å². The highest BCUT2D eigenvalue weighted by Gasteiger charge is 2.36. The lowest BCUT2D eigenvalue weighted by Gasteiger charge is -2.17. The van der Waals surface area contributed by atoms with Crippen molar-refractivity contribution in [3.05, 3.63) is 29.3 Å². The van der Waals surface area contributed by atoms with Crippen LogP contribution in [0.3, 0.4) is 0 Å². The van der Waals surface area contributed by atoms with Crippen LogP contribution in [0.2, 0.25) is 0 Å². The summed E-state index contributed by atoms with van der Waals surface area (Å²) in [5, 5.41) is 8.94. The molecule has 104 valence electrons. The Morgan fingerprint density at radius 2 is 2.05 bits per heavy atom. The molecule has 0 aromatic heterocycles. The summed E-state index contributed by atoms with van der Waals surface area (Å²) in [4.78, 5) is 11.2. The van der Waals surface area contributed by atoms with Gasteiger partial charge in [0.15, 0.2) is 0 Å². The van der Waals surface area contributed by atoms with Crippen molar-refractivity contribution in [3.8, 4) is 0 Å². The number of aryl methyl sites for hydroxylation is 2. The van der Waals surface area contributed by atoms with Gasteiger partial charge >= 0.3 is 5.97 Å². The summed E-state index contributed by atoms with van der Waals surface area (Å²) in [5.74, 6) is -1.53. The van der Waals surface area contributed by atoms with Crippen LogP contribution >= 0.6 is 0 Å². The molecule has 0 radical (unpaired) electrons. The van der Waals surface area contributed by atoms with Crippen molar-refractivity contribution in [2.45, 2.75) is 25.2 Å². The van der Waals surface area contributed by atoms with Crippen LogP contribution in [0, 0.1) is 19.8 Å². The van der Waals surface area contributed by atoms with Gasteiger partial charge < -0.3 is 5.11 Å². The fourth-order valence-electron chi connectivity index (χ4n) is 2.38. The molecule has 1 N–H and O–H groups in total. The highest BCUT2D eigenvalue weighted by atomic mass is 32.2. The number of benzene rings is 1. The normalized spacial score (nSPS) is 20.6. The average molecular weight is 283 g/mol. The predicted molar refractivity (Wildman–Crippen MR) is 70.4 cm³/mol. The molecule has 2 rings (SSSR count). The summed E-state index contributed by atoms with van der Waals surface area (Å²) in [6.45, 7) is 3.99. The zero-order chi connectivity index (χ0) is 14.2. The Labute approximate surface area is 112 Å². The fraction of sp³-hybridized carbons (Fsp3) is 0.462. The number of carboxylic acid groups (broad SMARTS) is 1. The van der Waals surface area contributed by atoms with E-state index in [1.807, 2.05) is 13.0 Å². The van der Waals surface area contributed by atoms with E-state index in [1.165, 1.54) is 4.31 Å². The first-order valence-electron chi connectivity index (χ1n) is 6.12. The Bertz CT molecular complexity index is 609. The Morgan fingerprint density at radius 1 is 1.37 bits per heavy atom. The van der Waals surface area contributed by atoms with Gasteiger partial charge in [-0.3, -0.25) is 4.79 Å². The van der Waals surface area contributed by atoms with Gasteiger partial charge in [-0.15, -0.1) is 0 Å². The summed E-state index contributed by atoms with van der Waals surface area (Å²) in [5.41, 5.74) is 1.69. The Kier molecular flexibility index (Phi) is 3.64. The number of nitrogens with zero attached hydrogens (tertiary/aromatic N) is 1. The van der Waals surface area contributed by atoms with E-state index in [0.29, 0.717) is 12.0 Å². The second-order valence-corrected chi connectivity index (χ2v) is 6.86. The van der Waals surface area contributed by atoms with E-state index in [0.717, 1.165) is 5.56 Å².